The summed E-state index contributed by atoms with van der Waals surface area (Å²) >= 11 is 0. The van der Waals surface area contributed by atoms with Gasteiger partial charge in [0.1, 0.15) is 0 Å². The average molecular weight is 273 g/mol. The lowest BCUT2D eigenvalue weighted by molar-refractivity contribution is -0.137. The van der Waals surface area contributed by atoms with Crippen LogP contribution >= 0.6 is 0 Å². The summed E-state index contributed by atoms with van der Waals surface area (Å²) in [6.07, 6.45) is -1.43. The number of ether oxygens (including phenoxy) is 1. The maximum Gasteiger partial charge on any atom is 0.416 e. The largest absolute Gasteiger partial charge is 0.416 e. The van der Waals surface area contributed by atoms with Gasteiger partial charge in [-0.2, -0.15) is 13.2 Å². The summed E-state index contributed by atoms with van der Waals surface area (Å²) in [7, 11) is 1.76. The Labute approximate surface area is 111 Å². The van der Waals surface area contributed by atoms with Crippen LogP contribution in [0.3, 0.4) is 0 Å². The van der Waals surface area contributed by atoms with Crippen LogP contribution in [-0.4, -0.2) is 19.8 Å². The minimum Gasteiger partial charge on any atom is -0.378 e. The summed E-state index contributed by atoms with van der Waals surface area (Å²) in [6, 6.07) is 5.40. The van der Waals surface area contributed by atoms with Gasteiger partial charge in [-0.05, 0) is 44.0 Å². The van der Waals surface area contributed by atoms with Crippen LogP contribution in [0.15, 0.2) is 24.3 Å². The average Bonchev–Trinajstić information content (AvgIpc) is 2.88. The Morgan fingerprint density at radius 3 is 2.79 bits per heavy atom. The molecule has 2 rings (SSSR count). The van der Waals surface area contributed by atoms with Crippen LogP contribution < -0.4 is 5.32 Å². The van der Waals surface area contributed by atoms with Crippen molar-refractivity contribution in [3.63, 3.8) is 0 Å². The molecule has 19 heavy (non-hydrogen) atoms. The number of halogens is 3. The Morgan fingerprint density at radius 1 is 1.42 bits per heavy atom. The molecule has 1 fully saturated rings. The molecule has 0 radical (unpaired) electrons. The minimum atomic E-state index is -4.29. The highest BCUT2D eigenvalue weighted by molar-refractivity contribution is 5.28. The maximum absolute atomic E-state index is 12.7. The second kappa shape index (κ2) is 5.92. The molecule has 0 aliphatic carbocycles. The van der Waals surface area contributed by atoms with E-state index in [4.69, 9.17) is 4.74 Å². The van der Waals surface area contributed by atoms with Crippen LogP contribution in [0, 0.1) is 0 Å². The van der Waals surface area contributed by atoms with Gasteiger partial charge in [0.05, 0.1) is 11.7 Å². The molecule has 1 saturated heterocycles. The van der Waals surface area contributed by atoms with Gasteiger partial charge in [0.15, 0.2) is 0 Å². The first-order chi connectivity index (χ1) is 9.00. The lowest BCUT2D eigenvalue weighted by Crippen LogP contribution is -2.22. The van der Waals surface area contributed by atoms with Crippen molar-refractivity contribution < 1.29 is 17.9 Å². The lowest BCUT2D eigenvalue weighted by atomic mass is 9.97. The predicted octanol–water partition coefficient (Wildman–Crippen LogP) is 3.54. The molecular formula is C14H18F3NO. The Hall–Kier alpha value is -1.07. The molecule has 106 valence electrons. The van der Waals surface area contributed by atoms with E-state index in [1.807, 2.05) is 0 Å². The molecule has 2 unspecified atom stereocenters. The summed E-state index contributed by atoms with van der Waals surface area (Å²) in [6.45, 7) is 0.754. The third-order valence-corrected chi connectivity index (χ3v) is 3.49. The summed E-state index contributed by atoms with van der Waals surface area (Å²) in [5.74, 6) is 0. The monoisotopic (exact) mass is 273 g/mol. The molecular weight excluding hydrogens is 255 g/mol. The molecule has 1 N–H and O–H groups in total. The zero-order valence-electron chi connectivity index (χ0n) is 10.8. The van der Waals surface area contributed by atoms with Gasteiger partial charge in [-0.25, -0.2) is 0 Å². The van der Waals surface area contributed by atoms with E-state index in [-0.39, 0.29) is 12.1 Å². The highest BCUT2D eigenvalue weighted by atomic mass is 19.4. The second-order valence-corrected chi connectivity index (χ2v) is 4.84. The van der Waals surface area contributed by atoms with Gasteiger partial charge in [0.2, 0.25) is 0 Å². The van der Waals surface area contributed by atoms with Crippen molar-refractivity contribution >= 4 is 0 Å². The predicted molar refractivity (Wildman–Crippen MR) is 66.8 cm³/mol. The molecule has 0 bridgehead atoms. The first-order valence-electron chi connectivity index (χ1n) is 6.46. The molecule has 1 aromatic rings. The highest BCUT2D eigenvalue weighted by Crippen LogP contribution is 2.32. The Bertz CT molecular complexity index is 413. The Morgan fingerprint density at radius 2 is 2.21 bits per heavy atom. The molecule has 5 heteroatoms. The molecule has 2 nitrogen and oxygen atoms in total. The van der Waals surface area contributed by atoms with Crippen molar-refractivity contribution in [3.05, 3.63) is 35.4 Å². The van der Waals surface area contributed by atoms with E-state index in [1.54, 1.807) is 13.1 Å². The van der Waals surface area contributed by atoms with Crippen LogP contribution in [0.5, 0.6) is 0 Å². The fourth-order valence-electron chi connectivity index (χ4n) is 2.45. The van der Waals surface area contributed by atoms with Crippen LogP contribution in [0.1, 0.15) is 36.4 Å². The molecule has 1 heterocycles. The molecule has 0 aromatic heterocycles. The standard InChI is InChI=1S/C14H18F3NO/c1-18-13(9-12-6-3-7-19-12)10-4-2-5-11(8-10)14(15,16)17/h2,4-5,8,12-13,18H,3,6-7,9H2,1H3. The topological polar surface area (TPSA) is 21.3 Å². The number of alkyl halides is 3. The van der Waals surface area contributed by atoms with Gasteiger partial charge < -0.3 is 10.1 Å². The van der Waals surface area contributed by atoms with Crippen molar-refractivity contribution in [2.45, 2.75) is 37.6 Å². The van der Waals surface area contributed by atoms with E-state index in [0.717, 1.165) is 25.5 Å². The van der Waals surface area contributed by atoms with Crippen LogP contribution in [-0.2, 0) is 10.9 Å². The summed E-state index contributed by atoms with van der Waals surface area (Å²) < 4.78 is 43.6. The number of hydrogen-bond donors (Lipinski definition) is 1. The van der Waals surface area contributed by atoms with E-state index in [9.17, 15) is 13.2 Å². The van der Waals surface area contributed by atoms with Gasteiger partial charge in [0.25, 0.3) is 0 Å². The first-order valence-corrected chi connectivity index (χ1v) is 6.46. The quantitative estimate of drug-likeness (QED) is 0.906. The third kappa shape index (κ3) is 3.70. The van der Waals surface area contributed by atoms with Crippen molar-refractivity contribution in [1.82, 2.24) is 5.32 Å². The van der Waals surface area contributed by atoms with Crippen molar-refractivity contribution in [2.24, 2.45) is 0 Å². The van der Waals surface area contributed by atoms with Gasteiger partial charge in [0, 0.05) is 12.6 Å². The molecule has 0 saturated carbocycles. The minimum absolute atomic E-state index is 0.106. The second-order valence-electron chi connectivity index (χ2n) is 4.84. The fraction of sp³-hybridized carbons (Fsp3) is 0.571. The lowest BCUT2D eigenvalue weighted by Gasteiger charge is -2.21. The molecule has 0 amide bonds. The van der Waals surface area contributed by atoms with E-state index in [2.05, 4.69) is 5.32 Å². The first kappa shape index (κ1) is 14.3. The zero-order chi connectivity index (χ0) is 13.9. The van der Waals surface area contributed by atoms with Crippen molar-refractivity contribution in [1.29, 1.82) is 0 Å². The number of nitrogens with one attached hydrogen (secondary N) is 1. The number of benzene rings is 1. The summed E-state index contributed by atoms with van der Waals surface area (Å²) in [5.41, 5.74) is 0.0606. The fourth-order valence-corrected chi connectivity index (χ4v) is 2.45. The van der Waals surface area contributed by atoms with Gasteiger partial charge in [-0.3, -0.25) is 0 Å². The summed E-state index contributed by atoms with van der Waals surface area (Å²) in [4.78, 5) is 0. The van der Waals surface area contributed by atoms with Crippen LogP contribution in [0.4, 0.5) is 13.2 Å². The number of rotatable bonds is 4. The third-order valence-electron chi connectivity index (χ3n) is 3.49. The van der Waals surface area contributed by atoms with Gasteiger partial charge in [-0.1, -0.05) is 12.1 Å². The normalized spacial score (nSPS) is 21.6. The van der Waals surface area contributed by atoms with Crippen LogP contribution in [0.25, 0.3) is 0 Å². The smallest absolute Gasteiger partial charge is 0.378 e. The van der Waals surface area contributed by atoms with Crippen molar-refractivity contribution in [2.75, 3.05) is 13.7 Å². The Kier molecular flexibility index (Phi) is 4.47. The highest BCUT2D eigenvalue weighted by Gasteiger charge is 2.31. The Balaban J connectivity index is 2.13. The van der Waals surface area contributed by atoms with Gasteiger partial charge >= 0.3 is 6.18 Å². The SMILES string of the molecule is CNC(CC1CCCO1)c1cccc(C(F)(F)F)c1. The molecule has 0 spiro atoms. The van der Waals surface area contributed by atoms with Crippen molar-refractivity contribution in [3.8, 4) is 0 Å². The summed E-state index contributed by atoms with van der Waals surface area (Å²) in [5, 5.41) is 3.08. The molecule has 2 atom stereocenters. The van der Waals surface area contributed by atoms with E-state index < -0.39 is 11.7 Å². The molecule has 1 aromatic carbocycles. The van der Waals surface area contributed by atoms with E-state index in [0.29, 0.717) is 12.0 Å². The van der Waals surface area contributed by atoms with Gasteiger partial charge in [-0.15, -0.1) is 0 Å². The molecule has 1 aliphatic rings. The van der Waals surface area contributed by atoms with Crippen LogP contribution in [0.2, 0.25) is 0 Å². The van der Waals surface area contributed by atoms with E-state index in [1.165, 1.54) is 12.1 Å². The zero-order valence-corrected chi connectivity index (χ0v) is 10.8. The number of hydrogen-bond acceptors (Lipinski definition) is 2. The van der Waals surface area contributed by atoms with E-state index >= 15 is 0 Å². The molecule has 1 aliphatic heterocycles. The maximum atomic E-state index is 12.7.